The number of aromatic nitrogens is 1. The summed E-state index contributed by atoms with van der Waals surface area (Å²) >= 11 is 0. The molecular formula is C20H21N3O7. The highest BCUT2D eigenvalue weighted by atomic mass is 16.6. The molecule has 0 bridgehead atoms. The highest BCUT2D eigenvalue weighted by Crippen LogP contribution is 2.37. The van der Waals surface area contributed by atoms with Crippen LogP contribution in [-0.4, -0.2) is 47.6 Å². The first-order valence-corrected chi connectivity index (χ1v) is 9.20. The van der Waals surface area contributed by atoms with E-state index in [1.165, 1.54) is 24.1 Å². The predicted molar refractivity (Wildman–Crippen MR) is 106 cm³/mol. The van der Waals surface area contributed by atoms with Crippen molar-refractivity contribution in [2.45, 2.75) is 25.9 Å². The van der Waals surface area contributed by atoms with Crippen molar-refractivity contribution >= 4 is 23.5 Å². The third-order valence-electron chi connectivity index (χ3n) is 4.46. The summed E-state index contributed by atoms with van der Waals surface area (Å²) in [4.78, 5) is 40.0. The first kappa shape index (κ1) is 21.0. The number of carbonyl (C=O) groups is 2. The number of benzene rings is 1. The molecule has 0 radical (unpaired) electrons. The van der Waals surface area contributed by atoms with Crippen LogP contribution >= 0.6 is 0 Å². The average Bonchev–Trinajstić information content (AvgIpc) is 2.72. The molecule has 0 saturated heterocycles. The van der Waals surface area contributed by atoms with Crippen LogP contribution < -0.4 is 14.4 Å². The fourth-order valence-electron chi connectivity index (χ4n) is 2.97. The summed E-state index contributed by atoms with van der Waals surface area (Å²) in [5.74, 6) is -0.150. The molecule has 1 aromatic carbocycles. The minimum atomic E-state index is -1.12. The van der Waals surface area contributed by atoms with E-state index in [1.54, 1.807) is 38.1 Å². The summed E-state index contributed by atoms with van der Waals surface area (Å²) in [7, 11) is 1.31. The largest absolute Gasteiger partial charge is 0.494 e. The molecule has 0 N–H and O–H groups in total. The van der Waals surface area contributed by atoms with Crippen LogP contribution in [0.15, 0.2) is 36.4 Å². The van der Waals surface area contributed by atoms with Crippen LogP contribution in [0.25, 0.3) is 0 Å². The standard InChI is InChI=1S/C20H21N3O7/c1-20(2)19(25)22(17-15(30-20)9-10-16(21-17)23(26)27)11-4-12-29-14-7-5-13(6-8-14)18(24)28-3/h5-10H,4,11-12H2,1-3H3. The molecule has 1 amide bonds. The van der Waals surface area contributed by atoms with Crippen molar-refractivity contribution in [1.29, 1.82) is 0 Å². The maximum atomic E-state index is 12.8. The van der Waals surface area contributed by atoms with Gasteiger partial charge in [-0.1, -0.05) is 0 Å². The summed E-state index contributed by atoms with van der Waals surface area (Å²) in [6.45, 7) is 3.79. The van der Waals surface area contributed by atoms with Gasteiger partial charge in [0.1, 0.15) is 5.75 Å². The van der Waals surface area contributed by atoms with Gasteiger partial charge in [0.2, 0.25) is 0 Å². The Morgan fingerprint density at radius 1 is 1.23 bits per heavy atom. The second kappa shape index (κ2) is 8.36. The van der Waals surface area contributed by atoms with Gasteiger partial charge in [-0.05, 0) is 60.5 Å². The van der Waals surface area contributed by atoms with E-state index in [0.717, 1.165) is 0 Å². The molecule has 0 saturated carbocycles. The Hall–Kier alpha value is -3.69. The molecule has 2 aromatic rings. The lowest BCUT2D eigenvalue weighted by Crippen LogP contribution is -2.53. The SMILES string of the molecule is COC(=O)c1ccc(OCCCN2C(=O)C(C)(C)Oc3ccc([N+](=O)[O-])nc32)cc1. The van der Waals surface area contributed by atoms with E-state index in [1.807, 2.05) is 0 Å². The minimum Gasteiger partial charge on any atom is -0.494 e. The molecule has 30 heavy (non-hydrogen) atoms. The summed E-state index contributed by atoms with van der Waals surface area (Å²) in [6, 6.07) is 9.17. The van der Waals surface area contributed by atoms with E-state index in [9.17, 15) is 19.7 Å². The lowest BCUT2D eigenvalue weighted by atomic mass is 10.1. The van der Waals surface area contributed by atoms with Crippen LogP contribution in [0.4, 0.5) is 11.6 Å². The monoisotopic (exact) mass is 415 g/mol. The third-order valence-corrected chi connectivity index (χ3v) is 4.46. The predicted octanol–water partition coefficient (Wildman–Crippen LogP) is 2.75. The molecule has 1 aromatic heterocycles. The summed E-state index contributed by atoms with van der Waals surface area (Å²) in [5, 5.41) is 11.1. The van der Waals surface area contributed by atoms with Gasteiger partial charge in [0.25, 0.3) is 11.7 Å². The molecule has 2 heterocycles. The van der Waals surface area contributed by atoms with E-state index in [-0.39, 0.29) is 30.7 Å². The van der Waals surface area contributed by atoms with Gasteiger partial charge < -0.3 is 24.3 Å². The van der Waals surface area contributed by atoms with Gasteiger partial charge in [-0.25, -0.2) is 4.79 Å². The molecular weight excluding hydrogens is 394 g/mol. The number of nitro groups is 1. The first-order valence-electron chi connectivity index (χ1n) is 9.20. The zero-order valence-corrected chi connectivity index (χ0v) is 16.8. The molecule has 1 aliphatic heterocycles. The van der Waals surface area contributed by atoms with Crippen molar-refractivity contribution in [3.8, 4) is 11.5 Å². The topological polar surface area (TPSA) is 121 Å². The zero-order valence-electron chi connectivity index (χ0n) is 16.8. The fraction of sp³-hybridized carbons (Fsp3) is 0.350. The molecule has 3 rings (SSSR count). The molecule has 158 valence electrons. The van der Waals surface area contributed by atoms with Gasteiger partial charge in [-0.3, -0.25) is 9.69 Å². The number of nitrogens with zero attached hydrogens (tertiary/aromatic N) is 3. The van der Waals surface area contributed by atoms with Crippen LogP contribution in [-0.2, 0) is 9.53 Å². The average molecular weight is 415 g/mol. The number of esters is 1. The highest BCUT2D eigenvalue weighted by molar-refractivity contribution is 6.01. The molecule has 0 spiro atoms. The van der Waals surface area contributed by atoms with Crippen molar-refractivity contribution in [2.75, 3.05) is 25.2 Å². The number of hydrogen-bond acceptors (Lipinski definition) is 8. The molecule has 0 atom stereocenters. The number of rotatable bonds is 7. The molecule has 0 aliphatic carbocycles. The first-order chi connectivity index (χ1) is 14.2. The smallest absolute Gasteiger partial charge is 0.366 e. The van der Waals surface area contributed by atoms with Crippen molar-refractivity contribution in [3.05, 3.63) is 52.1 Å². The molecule has 0 fully saturated rings. The lowest BCUT2D eigenvalue weighted by molar-refractivity contribution is -0.389. The number of methoxy groups -OCH3 is 1. The second-order valence-electron chi connectivity index (χ2n) is 7.04. The van der Waals surface area contributed by atoms with Crippen LogP contribution in [0.5, 0.6) is 11.5 Å². The fourth-order valence-corrected chi connectivity index (χ4v) is 2.97. The lowest BCUT2D eigenvalue weighted by Gasteiger charge is -2.35. The molecule has 1 aliphatic rings. The van der Waals surface area contributed by atoms with E-state index < -0.39 is 16.5 Å². The number of carbonyl (C=O) groups excluding carboxylic acids is 2. The molecule has 10 heteroatoms. The highest BCUT2D eigenvalue weighted by Gasteiger charge is 2.44. The number of fused-ring (bicyclic) bond motifs is 1. The maximum absolute atomic E-state index is 12.8. The van der Waals surface area contributed by atoms with Crippen LogP contribution in [0, 0.1) is 10.1 Å². The van der Waals surface area contributed by atoms with Gasteiger partial charge in [0, 0.05) is 12.6 Å². The second-order valence-corrected chi connectivity index (χ2v) is 7.04. The quantitative estimate of drug-likeness (QED) is 0.293. The van der Waals surface area contributed by atoms with Gasteiger partial charge in [0.05, 0.1) is 19.3 Å². The zero-order chi connectivity index (χ0) is 21.9. The maximum Gasteiger partial charge on any atom is 0.366 e. The van der Waals surface area contributed by atoms with Crippen molar-refractivity contribution in [2.24, 2.45) is 0 Å². The molecule has 10 nitrogen and oxygen atoms in total. The normalized spacial score (nSPS) is 14.5. The van der Waals surface area contributed by atoms with Crippen molar-refractivity contribution in [1.82, 2.24) is 4.98 Å². The number of pyridine rings is 1. The number of ether oxygens (including phenoxy) is 3. The third kappa shape index (κ3) is 4.32. The minimum absolute atomic E-state index is 0.121. The van der Waals surface area contributed by atoms with Gasteiger partial charge in [-0.2, -0.15) is 0 Å². The summed E-state index contributed by atoms with van der Waals surface area (Å²) in [5.41, 5.74) is -0.703. The molecule has 0 unspecified atom stereocenters. The summed E-state index contributed by atoms with van der Waals surface area (Å²) < 4.78 is 16.0. The van der Waals surface area contributed by atoms with Crippen LogP contribution in [0.3, 0.4) is 0 Å². The Kier molecular flexibility index (Phi) is 5.86. The Bertz CT molecular complexity index is 973. The van der Waals surface area contributed by atoms with E-state index in [4.69, 9.17) is 9.47 Å². The van der Waals surface area contributed by atoms with E-state index in [0.29, 0.717) is 23.5 Å². The van der Waals surface area contributed by atoms with Crippen LogP contribution in [0.1, 0.15) is 30.6 Å². The number of hydrogen-bond donors (Lipinski definition) is 0. The van der Waals surface area contributed by atoms with Crippen LogP contribution in [0.2, 0.25) is 0 Å². The van der Waals surface area contributed by atoms with Gasteiger partial charge >= 0.3 is 11.8 Å². The Morgan fingerprint density at radius 2 is 1.93 bits per heavy atom. The Labute approximate surface area is 172 Å². The van der Waals surface area contributed by atoms with Crippen molar-refractivity contribution < 1.29 is 28.7 Å². The summed E-state index contributed by atoms with van der Waals surface area (Å²) in [6.07, 6.45) is 0.449. The van der Waals surface area contributed by atoms with E-state index in [2.05, 4.69) is 9.72 Å². The Morgan fingerprint density at radius 3 is 2.57 bits per heavy atom. The Balaban J connectivity index is 1.67. The number of amides is 1. The number of anilines is 1. The van der Waals surface area contributed by atoms with Crippen molar-refractivity contribution in [3.63, 3.8) is 0 Å². The van der Waals surface area contributed by atoms with Gasteiger partial charge in [-0.15, -0.1) is 0 Å². The van der Waals surface area contributed by atoms with Gasteiger partial charge in [0.15, 0.2) is 11.4 Å². The van der Waals surface area contributed by atoms with E-state index >= 15 is 0 Å².